The first kappa shape index (κ1) is 28.3. The number of methoxy groups -OCH3 is 1. The molecular weight excluding hydrogens is 524 g/mol. The Kier molecular flexibility index (Phi) is 9.26. The van der Waals surface area contributed by atoms with Crippen molar-refractivity contribution in [1.82, 2.24) is 19.8 Å². The summed E-state index contributed by atoms with van der Waals surface area (Å²) in [6.07, 6.45) is 3.29. The maximum atomic E-state index is 13.2. The molecule has 2 aromatic carbocycles. The molecule has 0 aliphatic carbocycles. The number of aliphatic hydroxyl groups is 1. The van der Waals surface area contributed by atoms with Gasteiger partial charge in [-0.15, -0.1) is 0 Å². The first-order valence-electron chi connectivity index (χ1n) is 13.8. The predicted molar refractivity (Wildman–Crippen MR) is 152 cm³/mol. The summed E-state index contributed by atoms with van der Waals surface area (Å²) in [5.74, 6) is 1.29. The van der Waals surface area contributed by atoms with Crippen LogP contribution < -0.4 is 14.8 Å². The number of hydrogen-bond acceptors (Lipinski definition) is 10. The topological polar surface area (TPSA) is 133 Å². The van der Waals surface area contributed by atoms with Gasteiger partial charge in [-0.25, -0.2) is 9.97 Å². The smallest absolute Gasteiger partial charge is 0.257 e. The quantitative estimate of drug-likeness (QED) is 0.404. The molecule has 2 saturated heterocycles. The lowest BCUT2D eigenvalue weighted by atomic mass is 10.1. The van der Waals surface area contributed by atoms with Crippen LogP contribution in [0.25, 0.3) is 11.3 Å². The van der Waals surface area contributed by atoms with E-state index >= 15 is 0 Å². The minimum atomic E-state index is -0.0900. The van der Waals surface area contributed by atoms with Gasteiger partial charge in [0.15, 0.2) is 0 Å². The molecule has 0 spiro atoms. The number of benzene rings is 2. The number of piperazine rings is 1. The number of nitrogens with zero attached hydrogens (tertiary/aromatic N) is 5. The van der Waals surface area contributed by atoms with E-state index in [2.05, 4.69) is 26.3 Å². The van der Waals surface area contributed by atoms with Gasteiger partial charge in [0.05, 0.1) is 43.8 Å². The summed E-state index contributed by atoms with van der Waals surface area (Å²) >= 11 is 0. The van der Waals surface area contributed by atoms with Gasteiger partial charge in [-0.3, -0.25) is 9.69 Å². The van der Waals surface area contributed by atoms with Gasteiger partial charge in [0, 0.05) is 69.1 Å². The number of hydrogen-bond donors (Lipinski definition) is 2. The number of rotatable bonds is 9. The predicted octanol–water partition coefficient (Wildman–Crippen LogP) is 3.08. The maximum absolute atomic E-state index is 13.2. The molecule has 11 nitrogen and oxygen atoms in total. The highest BCUT2D eigenvalue weighted by Gasteiger charge is 2.24. The molecule has 0 bridgehead atoms. The molecule has 41 heavy (non-hydrogen) atoms. The van der Waals surface area contributed by atoms with Crippen molar-refractivity contribution in [1.29, 1.82) is 5.26 Å². The van der Waals surface area contributed by atoms with Crippen molar-refractivity contribution in [2.75, 3.05) is 65.0 Å². The number of aliphatic hydroxyl groups excluding tert-OH is 1. The lowest BCUT2D eigenvalue weighted by Gasteiger charge is -2.34. The minimum absolute atomic E-state index is 0.0392. The van der Waals surface area contributed by atoms with Crippen LogP contribution in [-0.2, 0) is 4.74 Å². The number of carbonyl (C=O) groups excluding carboxylic acids is 1. The Bertz CT molecular complexity index is 1400. The first-order chi connectivity index (χ1) is 20.1. The Balaban J connectivity index is 1.28. The molecule has 2 aliphatic rings. The molecule has 11 heteroatoms. The van der Waals surface area contributed by atoms with Crippen molar-refractivity contribution in [3.63, 3.8) is 0 Å². The van der Waals surface area contributed by atoms with Crippen LogP contribution >= 0.6 is 0 Å². The van der Waals surface area contributed by atoms with Gasteiger partial charge in [-0.05, 0) is 36.4 Å². The van der Waals surface area contributed by atoms with E-state index in [1.165, 1.54) is 7.11 Å². The van der Waals surface area contributed by atoms with Gasteiger partial charge < -0.3 is 29.5 Å². The van der Waals surface area contributed by atoms with Crippen molar-refractivity contribution in [3.05, 3.63) is 59.8 Å². The van der Waals surface area contributed by atoms with Crippen molar-refractivity contribution in [2.24, 2.45) is 0 Å². The molecule has 0 atom stereocenters. The Morgan fingerprint density at radius 3 is 2.66 bits per heavy atom. The number of nitrogens with one attached hydrogen (secondary N) is 1. The van der Waals surface area contributed by atoms with Crippen LogP contribution in [0.4, 0.5) is 11.6 Å². The third kappa shape index (κ3) is 6.92. The minimum Gasteiger partial charge on any atom is -0.496 e. The van der Waals surface area contributed by atoms with E-state index in [0.717, 1.165) is 31.5 Å². The summed E-state index contributed by atoms with van der Waals surface area (Å²) in [5, 5.41) is 22.1. The zero-order valence-corrected chi connectivity index (χ0v) is 23.1. The number of aromatic nitrogens is 2. The molecule has 5 rings (SSSR count). The highest BCUT2D eigenvalue weighted by molar-refractivity contribution is 5.97. The first-order valence-corrected chi connectivity index (χ1v) is 13.8. The Hall–Kier alpha value is -4.24. The summed E-state index contributed by atoms with van der Waals surface area (Å²) in [6.45, 7) is 4.70. The van der Waals surface area contributed by atoms with Crippen LogP contribution in [0.1, 0.15) is 28.8 Å². The van der Waals surface area contributed by atoms with Gasteiger partial charge in [0.25, 0.3) is 5.91 Å². The van der Waals surface area contributed by atoms with Crippen LogP contribution in [0, 0.1) is 11.3 Å². The number of ether oxygens (including phenoxy) is 3. The molecule has 3 heterocycles. The lowest BCUT2D eigenvalue weighted by Crippen LogP contribution is -2.49. The van der Waals surface area contributed by atoms with Crippen molar-refractivity contribution >= 4 is 17.5 Å². The largest absolute Gasteiger partial charge is 0.496 e. The molecule has 0 saturated carbocycles. The zero-order valence-electron chi connectivity index (χ0n) is 23.1. The fourth-order valence-electron chi connectivity index (χ4n) is 4.99. The van der Waals surface area contributed by atoms with Crippen LogP contribution in [0.15, 0.2) is 48.7 Å². The molecule has 214 valence electrons. The Morgan fingerprint density at radius 1 is 1.12 bits per heavy atom. The van der Waals surface area contributed by atoms with Gasteiger partial charge in [0.2, 0.25) is 5.95 Å². The number of anilines is 2. The van der Waals surface area contributed by atoms with E-state index < -0.39 is 0 Å². The molecule has 1 amide bonds. The fourth-order valence-corrected chi connectivity index (χ4v) is 4.99. The second-order valence-electron chi connectivity index (χ2n) is 9.92. The lowest BCUT2D eigenvalue weighted by molar-refractivity contribution is 0.0254. The van der Waals surface area contributed by atoms with E-state index in [4.69, 9.17) is 19.3 Å². The monoisotopic (exact) mass is 558 g/mol. The molecule has 2 fully saturated rings. The van der Waals surface area contributed by atoms with Gasteiger partial charge >= 0.3 is 0 Å². The second-order valence-corrected chi connectivity index (χ2v) is 9.92. The summed E-state index contributed by atoms with van der Waals surface area (Å²) < 4.78 is 17.0. The maximum Gasteiger partial charge on any atom is 0.257 e. The Morgan fingerprint density at radius 2 is 1.93 bits per heavy atom. The SMILES string of the molecule is COc1cc(Nc2nccc(-c3ccc(OC4CCOCC4)c(C#N)c3)n2)ccc1C(=O)N1CCN(CCO)CC1. The van der Waals surface area contributed by atoms with E-state index in [9.17, 15) is 10.1 Å². The van der Waals surface area contributed by atoms with E-state index in [-0.39, 0.29) is 18.6 Å². The average Bonchev–Trinajstić information content (AvgIpc) is 3.02. The van der Waals surface area contributed by atoms with Crippen LogP contribution in [0.2, 0.25) is 0 Å². The Labute approximate surface area is 239 Å². The van der Waals surface area contributed by atoms with Gasteiger partial charge in [-0.1, -0.05) is 0 Å². The summed E-state index contributed by atoms with van der Waals surface area (Å²) in [7, 11) is 1.54. The zero-order chi connectivity index (χ0) is 28.6. The third-order valence-corrected chi connectivity index (χ3v) is 7.28. The van der Waals surface area contributed by atoms with Gasteiger partial charge in [-0.2, -0.15) is 5.26 Å². The van der Waals surface area contributed by atoms with E-state index in [0.29, 0.717) is 72.8 Å². The normalized spacial score (nSPS) is 16.2. The van der Waals surface area contributed by atoms with E-state index in [1.807, 2.05) is 12.1 Å². The standard InChI is InChI=1S/C30H34N6O5/c1-39-28-19-23(3-4-25(28)29(38)36-12-10-35(11-13-36)14-15-37)33-30-32-9-6-26(34-30)21-2-5-27(22(18-21)20-31)41-24-7-16-40-17-8-24/h2-6,9,18-19,24,37H,7-8,10-17H2,1H3,(H,32,33,34). The third-order valence-electron chi connectivity index (χ3n) is 7.28. The van der Waals surface area contributed by atoms with Crippen LogP contribution in [-0.4, -0.2) is 96.5 Å². The highest BCUT2D eigenvalue weighted by Crippen LogP contribution is 2.29. The summed E-state index contributed by atoms with van der Waals surface area (Å²) in [4.78, 5) is 26.1. The average molecular weight is 559 g/mol. The summed E-state index contributed by atoms with van der Waals surface area (Å²) in [6, 6.07) is 14.8. The number of amides is 1. The molecule has 3 aromatic rings. The number of carbonyl (C=O) groups is 1. The second kappa shape index (κ2) is 13.4. The number of β-amino-alcohol motifs (C(OH)–C–C–N with tert-alkyl or cyclic N) is 1. The van der Waals surface area contributed by atoms with Crippen LogP contribution in [0.3, 0.4) is 0 Å². The molecule has 2 N–H and O–H groups in total. The highest BCUT2D eigenvalue weighted by atomic mass is 16.5. The summed E-state index contributed by atoms with van der Waals surface area (Å²) in [5.41, 5.74) is 3.01. The van der Waals surface area contributed by atoms with Crippen molar-refractivity contribution in [2.45, 2.75) is 18.9 Å². The molecule has 1 aromatic heterocycles. The molecule has 2 aliphatic heterocycles. The van der Waals surface area contributed by atoms with Gasteiger partial charge in [0.1, 0.15) is 23.7 Å². The van der Waals surface area contributed by atoms with Crippen LogP contribution in [0.5, 0.6) is 11.5 Å². The molecule has 0 radical (unpaired) electrons. The fraction of sp³-hybridized carbons (Fsp3) is 0.400. The molecular formula is C30H34N6O5. The van der Waals surface area contributed by atoms with Crippen molar-refractivity contribution in [3.8, 4) is 28.8 Å². The van der Waals surface area contributed by atoms with E-state index in [1.54, 1.807) is 41.4 Å². The number of nitriles is 1. The van der Waals surface area contributed by atoms with Crippen molar-refractivity contribution < 1.29 is 24.1 Å². The molecule has 0 unspecified atom stereocenters.